The summed E-state index contributed by atoms with van der Waals surface area (Å²) < 4.78 is 38.2. The van der Waals surface area contributed by atoms with Gasteiger partial charge in [-0.05, 0) is 50.6 Å². The second-order valence-corrected chi connectivity index (χ2v) is 9.77. The molecule has 0 radical (unpaired) electrons. The van der Waals surface area contributed by atoms with Gasteiger partial charge in [-0.25, -0.2) is 4.98 Å². The van der Waals surface area contributed by atoms with E-state index in [1.165, 1.54) is 0 Å². The number of thiazole rings is 1. The highest BCUT2D eigenvalue weighted by molar-refractivity contribution is 7.09. The van der Waals surface area contributed by atoms with Crippen molar-refractivity contribution in [3.8, 4) is 0 Å². The quantitative estimate of drug-likeness (QED) is 0.667. The molecule has 0 aliphatic carbocycles. The van der Waals surface area contributed by atoms with E-state index >= 15 is 0 Å². The largest absolute Gasteiger partial charge is 0.416 e. The molecule has 1 amide bonds. The van der Waals surface area contributed by atoms with E-state index in [2.05, 4.69) is 20.2 Å². The highest BCUT2D eigenvalue weighted by Gasteiger charge is 2.31. The fraction of sp³-hybridized carbons (Fsp3) is 0.565. The zero-order chi connectivity index (χ0) is 22.7. The predicted molar refractivity (Wildman–Crippen MR) is 118 cm³/mol. The molecule has 0 saturated carbocycles. The van der Waals surface area contributed by atoms with E-state index in [4.69, 9.17) is 0 Å². The molecule has 0 N–H and O–H groups in total. The molecule has 174 valence electrons. The van der Waals surface area contributed by atoms with Gasteiger partial charge in [0.2, 0.25) is 5.91 Å². The van der Waals surface area contributed by atoms with E-state index in [-0.39, 0.29) is 11.8 Å². The summed E-state index contributed by atoms with van der Waals surface area (Å²) in [4.78, 5) is 24.1. The summed E-state index contributed by atoms with van der Waals surface area (Å²) in [6, 6.07) is 5.36. The van der Waals surface area contributed by atoms with Crippen molar-refractivity contribution >= 4 is 17.2 Å². The van der Waals surface area contributed by atoms with Crippen molar-refractivity contribution in [1.29, 1.82) is 0 Å². The topological polar surface area (TPSA) is 39.7 Å². The predicted octanol–water partition coefficient (Wildman–Crippen LogP) is 4.03. The SMILES string of the molecule is Cc1nc(CN2CCC(C(=O)N3CCN(Cc4ccc(C(F)(F)F)cc4)CC3)CC2)cs1. The number of piperidine rings is 1. The number of aryl methyl sites for hydroxylation is 1. The van der Waals surface area contributed by atoms with Crippen LogP contribution in [0.2, 0.25) is 0 Å². The number of carbonyl (C=O) groups is 1. The number of benzene rings is 1. The van der Waals surface area contributed by atoms with Crippen molar-refractivity contribution < 1.29 is 18.0 Å². The molecule has 32 heavy (non-hydrogen) atoms. The molecular weight excluding hydrogens is 437 g/mol. The molecule has 5 nitrogen and oxygen atoms in total. The van der Waals surface area contributed by atoms with Crippen LogP contribution >= 0.6 is 11.3 Å². The molecule has 0 bridgehead atoms. The standard InChI is InChI=1S/C23H29F3N4OS/c1-17-27-21(16-32-17)15-28-8-6-19(7-9-28)22(31)30-12-10-29(11-13-30)14-18-2-4-20(5-3-18)23(24,25)26/h2-5,16,19H,6-15H2,1H3. The van der Waals surface area contributed by atoms with E-state index in [1.807, 2.05) is 11.8 Å². The first-order chi connectivity index (χ1) is 15.3. The van der Waals surface area contributed by atoms with Gasteiger partial charge < -0.3 is 4.90 Å². The Morgan fingerprint density at radius 2 is 1.62 bits per heavy atom. The van der Waals surface area contributed by atoms with E-state index in [1.54, 1.807) is 23.5 Å². The summed E-state index contributed by atoms with van der Waals surface area (Å²) >= 11 is 1.67. The Morgan fingerprint density at radius 1 is 1.00 bits per heavy atom. The van der Waals surface area contributed by atoms with Gasteiger partial charge >= 0.3 is 6.18 Å². The number of halogens is 3. The average Bonchev–Trinajstić information content (AvgIpc) is 3.18. The Kier molecular flexibility index (Phi) is 7.17. The Morgan fingerprint density at radius 3 is 2.19 bits per heavy atom. The number of amides is 1. The van der Waals surface area contributed by atoms with E-state index in [0.717, 1.165) is 74.0 Å². The van der Waals surface area contributed by atoms with Crippen molar-refractivity contribution in [2.75, 3.05) is 39.3 Å². The fourth-order valence-electron chi connectivity index (χ4n) is 4.49. The normalized spacial score (nSPS) is 19.4. The zero-order valence-electron chi connectivity index (χ0n) is 18.3. The molecule has 0 spiro atoms. The molecule has 9 heteroatoms. The number of nitrogens with zero attached hydrogens (tertiary/aromatic N) is 4. The van der Waals surface area contributed by atoms with Gasteiger partial charge in [0.15, 0.2) is 0 Å². The molecule has 2 fully saturated rings. The van der Waals surface area contributed by atoms with Gasteiger partial charge in [-0.1, -0.05) is 12.1 Å². The molecule has 4 rings (SSSR count). The number of hydrogen-bond acceptors (Lipinski definition) is 5. The second kappa shape index (κ2) is 9.89. The third-order valence-corrected chi connectivity index (χ3v) is 7.18. The maximum absolute atomic E-state index is 13.0. The van der Waals surface area contributed by atoms with Crippen molar-refractivity contribution in [2.45, 2.75) is 39.0 Å². The number of rotatable bonds is 5. The summed E-state index contributed by atoms with van der Waals surface area (Å²) in [6.07, 6.45) is -2.54. The minimum Gasteiger partial charge on any atom is -0.340 e. The van der Waals surface area contributed by atoms with E-state index < -0.39 is 11.7 Å². The van der Waals surface area contributed by atoms with Gasteiger partial charge in [-0.15, -0.1) is 11.3 Å². The molecule has 2 saturated heterocycles. The maximum Gasteiger partial charge on any atom is 0.416 e. The minimum atomic E-state index is -4.31. The first-order valence-electron chi connectivity index (χ1n) is 11.1. The Hall–Kier alpha value is -1.97. The van der Waals surface area contributed by atoms with Crippen LogP contribution in [0.25, 0.3) is 0 Å². The van der Waals surface area contributed by atoms with Crippen LogP contribution in [0, 0.1) is 12.8 Å². The Labute approximate surface area is 190 Å². The molecule has 1 aromatic carbocycles. The van der Waals surface area contributed by atoms with Crippen LogP contribution in [-0.2, 0) is 24.1 Å². The van der Waals surface area contributed by atoms with Gasteiger partial charge in [0.05, 0.1) is 16.3 Å². The zero-order valence-corrected chi connectivity index (χ0v) is 19.1. The Bertz CT molecular complexity index is 899. The second-order valence-electron chi connectivity index (χ2n) is 8.70. The van der Waals surface area contributed by atoms with Crippen LogP contribution in [0.3, 0.4) is 0 Å². The molecule has 1 aromatic heterocycles. The lowest BCUT2D eigenvalue weighted by atomic mass is 9.95. The van der Waals surface area contributed by atoms with Gasteiger partial charge in [0, 0.05) is 50.6 Å². The molecular formula is C23H29F3N4OS. The number of piperazine rings is 1. The highest BCUT2D eigenvalue weighted by atomic mass is 32.1. The van der Waals surface area contributed by atoms with Crippen LogP contribution < -0.4 is 0 Å². The van der Waals surface area contributed by atoms with Crippen molar-refractivity contribution in [3.63, 3.8) is 0 Å². The lowest BCUT2D eigenvalue weighted by Gasteiger charge is -2.38. The van der Waals surface area contributed by atoms with Crippen LogP contribution in [0.4, 0.5) is 13.2 Å². The molecule has 0 unspecified atom stereocenters. The van der Waals surface area contributed by atoms with E-state index in [9.17, 15) is 18.0 Å². The van der Waals surface area contributed by atoms with Crippen LogP contribution in [0.1, 0.15) is 34.7 Å². The lowest BCUT2D eigenvalue weighted by Crippen LogP contribution is -2.51. The van der Waals surface area contributed by atoms with Crippen molar-refractivity contribution in [2.24, 2.45) is 5.92 Å². The van der Waals surface area contributed by atoms with E-state index in [0.29, 0.717) is 19.6 Å². The van der Waals surface area contributed by atoms with Gasteiger partial charge in [0.1, 0.15) is 0 Å². The summed E-state index contributed by atoms with van der Waals surface area (Å²) in [5, 5.41) is 3.19. The molecule has 2 aliphatic heterocycles. The smallest absolute Gasteiger partial charge is 0.340 e. The summed E-state index contributed by atoms with van der Waals surface area (Å²) in [7, 11) is 0. The number of hydrogen-bond donors (Lipinski definition) is 0. The summed E-state index contributed by atoms with van der Waals surface area (Å²) in [5.41, 5.74) is 1.35. The third kappa shape index (κ3) is 5.88. The number of likely N-dealkylation sites (tertiary alicyclic amines) is 1. The molecule has 2 aromatic rings. The fourth-order valence-corrected chi connectivity index (χ4v) is 5.09. The van der Waals surface area contributed by atoms with Gasteiger partial charge in [-0.3, -0.25) is 14.6 Å². The summed E-state index contributed by atoms with van der Waals surface area (Å²) in [6.45, 7) is 8.16. The Balaban J connectivity index is 1.20. The molecule has 2 aliphatic rings. The first kappa shape index (κ1) is 23.2. The molecule has 3 heterocycles. The third-order valence-electron chi connectivity index (χ3n) is 6.36. The van der Waals surface area contributed by atoms with Gasteiger partial charge in [-0.2, -0.15) is 13.2 Å². The minimum absolute atomic E-state index is 0.0879. The van der Waals surface area contributed by atoms with Gasteiger partial charge in [0.25, 0.3) is 0 Å². The van der Waals surface area contributed by atoms with Crippen molar-refractivity contribution in [1.82, 2.24) is 19.7 Å². The molecule has 0 atom stereocenters. The summed E-state index contributed by atoms with van der Waals surface area (Å²) in [5.74, 6) is 0.341. The maximum atomic E-state index is 13.0. The number of aromatic nitrogens is 1. The van der Waals surface area contributed by atoms with Crippen LogP contribution in [-0.4, -0.2) is 64.9 Å². The number of carbonyl (C=O) groups excluding carboxylic acids is 1. The lowest BCUT2D eigenvalue weighted by molar-refractivity contribution is -0.139. The van der Waals surface area contributed by atoms with Crippen molar-refractivity contribution in [3.05, 3.63) is 51.5 Å². The number of alkyl halides is 3. The van der Waals surface area contributed by atoms with Crippen LogP contribution in [0.15, 0.2) is 29.6 Å². The van der Waals surface area contributed by atoms with Crippen LogP contribution in [0.5, 0.6) is 0 Å². The monoisotopic (exact) mass is 466 g/mol. The first-order valence-corrected chi connectivity index (χ1v) is 12.0. The average molecular weight is 467 g/mol. The highest BCUT2D eigenvalue weighted by Crippen LogP contribution is 2.29.